The van der Waals surface area contributed by atoms with Gasteiger partial charge in [0.25, 0.3) is 0 Å². The predicted molar refractivity (Wildman–Crippen MR) is 99.1 cm³/mol. The number of fused-ring (bicyclic) bond motifs is 1. The first-order chi connectivity index (χ1) is 12.3. The van der Waals surface area contributed by atoms with Crippen LogP contribution in [-0.4, -0.2) is 35.8 Å². The third-order valence-electron chi connectivity index (χ3n) is 5.61. The highest BCUT2D eigenvalue weighted by atomic mass is 16.2. The van der Waals surface area contributed by atoms with Gasteiger partial charge in [-0.25, -0.2) is 0 Å². The van der Waals surface area contributed by atoms with Gasteiger partial charge >= 0.3 is 0 Å². The number of hydrogen-bond donors (Lipinski definition) is 1. The summed E-state index contributed by atoms with van der Waals surface area (Å²) in [7, 11) is 0. The van der Waals surface area contributed by atoms with E-state index in [9.17, 15) is 9.59 Å². The van der Waals surface area contributed by atoms with E-state index in [1.807, 2.05) is 35.2 Å². The van der Waals surface area contributed by atoms with Gasteiger partial charge in [-0.15, -0.1) is 0 Å². The summed E-state index contributed by atoms with van der Waals surface area (Å²) in [5.41, 5.74) is 1.05. The molecule has 0 aromatic heterocycles. The van der Waals surface area contributed by atoms with Crippen LogP contribution in [0.1, 0.15) is 56.9 Å². The fourth-order valence-corrected chi connectivity index (χ4v) is 4.24. The zero-order chi connectivity index (χ0) is 17.5. The van der Waals surface area contributed by atoms with Crippen LogP contribution < -0.4 is 5.32 Å². The van der Waals surface area contributed by atoms with Crippen LogP contribution in [0, 0.1) is 5.92 Å². The molecular weight excluding hydrogens is 312 g/mol. The number of benzene rings is 1. The molecule has 1 aromatic carbocycles. The van der Waals surface area contributed by atoms with Crippen LogP contribution in [0.2, 0.25) is 0 Å². The van der Waals surface area contributed by atoms with Crippen LogP contribution >= 0.6 is 0 Å². The molecule has 1 saturated carbocycles. The van der Waals surface area contributed by atoms with E-state index in [2.05, 4.69) is 5.32 Å². The summed E-state index contributed by atoms with van der Waals surface area (Å²) in [4.78, 5) is 27.8. The zero-order valence-electron chi connectivity index (χ0n) is 15.1. The number of hydrogen-bond acceptors (Lipinski definition) is 2. The van der Waals surface area contributed by atoms with E-state index in [1.165, 1.54) is 0 Å². The second-order valence-electron chi connectivity index (χ2n) is 7.41. The van der Waals surface area contributed by atoms with E-state index >= 15 is 0 Å². The Bertz CT molecular complexity index is 573. The number of amides is 2. The fraction of sp³-hybridized carbons (Fsp3) is 0.619. The predicted octanol–water partition coefficient (Wildman–Crippen LogP) is 3.31. The quantitative estimate of drug-likeness (QED) is 0.896. The van der Waals surface area contributed by atoms with Gasteiger partial charge in [-0.3, -0.25) is 9.59 Å². The molecule has 136 valence electrons. The highest BCUT2D eigenvalue weighted by Gasteiger charge is 2.36. The average Bonchev–Trinajstić information content (AvgIpc) is 2.67. The highest BCUT2D eigenvalue weighted by molar-refractivity contribution is 5.82. The van der Waals surface area contributed by atoms with Gasteiger partial charge < -0.3 is 10.2 Å². The largest absolute Gasteiger partial charge is 0.356 e. The minimum Gasteiger partial charge on any atom is -0.356 e. The van der Waals surface area contributed by atoms with Gasteiger partial charge in [-0.2, -0.15) is 0 Å². The van der Waals surface area contributed by atoms with Gasteiger partial charge in [0, 0.05) is 19.1 Å². The van der Waals surface area contributed by atoms with Crippen LogP contribution in [0.4, 0.5) is 0 Å². The lowest BCUT2D eigenvalue weighted by molar-refractivity contribution is -0.138. The Balaban J connectivity index is 1.78. The topological polar surface area (TPSA) is 49.4 Å². The Morgan fingerprint density at radius 3 is 2.60 bits per heavy atom. The van der Waals surface area contributed by atoms with Gasteiger partial charge in [0.15, 0.2) is 0 Å². The lowest BCUT2D eigenvalue weighted by Gasteiger charge is -2.39. The van der Waals surface area contributed by atoms with Gasteiger partial charge in [-0.1, -0.05) is 56.0 Å². The monoisotopic (exact) mass is 342 g/mol. The molecule has 0 unspecified atom stereocenters. The molecule has 2 aliphatic rings. The maximum absolute atomic E-state index is 13.1. The van der Waals surface area contributed by atoms with E-state index in [0.29, 0.717) is 6.42 Å². The van der Waals surface area contributed by atoms with Crippen LogP contribution in [0.5, 0.6) is 0 Å². The van der Waals surface area contributed by atoms with E-state index < -0.39 is 0 Å². The summed E-state index contributed by atoms with van der Waals surface area (Å²) in [5, 5.41) is 3.11. The zero-order valence-corrected chi connectivity index (χ0v) is 15.1. The van der Waals surface area contributed by atoms with E-state index in [0.717, 1.165) is 70.0 Å². The first-order valence-corrected chi connectivity index (χ1v) is 9.87. The SMILES string of the molecule is O=C1NCCCCCCN(C(=O)Cc2ccccc2)[C@H]2CCCC[C@@H]12. The van der Waals surface area contributed by atoms with Crippen LogP contribution in [0.25, 0.3) is 0 Å². The van der Waals surface area contributed by atoms with Gasteiger partial charge in [0.05, 0.1) is 12.3 Å². The number of nitrogens with zero attached hydrogens (tertiary/aromatic N) is 1. The molecule has 1 aliphatic carbocycles. The second kappa shape index (κ2) is 9.02. The number of rotatable bonds is 2. The van der Waals surface area contributed by atoms with Crippen molar-refractivity contribution < 1.29 is 9.59 Å². The molecule has 4 heteroatoms. The van der Waals surface area contributed by atoms with E-state index in [1.54, 1.807) is 0 Å². The van der Waals surface area contributed by atoms with E-state index in [-0.39, 0.29) is 23.8 Å². The normalized spacial score (nSPS) is 25.4. The summed E-state index contributed by atoms with van der Waals surface area (Å²) >= 11 is 0. The molecule has 2 fully saturated rings. The first-order valence-electron chi connectivity index (χ1n) is 9.87. The summed E-state index contributed by atoms with van der Waals surface area (Å²) in [6.07, 6.45) is 8.84. The highest BCUT2D eigenvalue weighted by Crippen LogP contribution is 2.30. The molecule has 1 N–H and O–H groups in total. The molecule has 2 atom stereocenters. The summed E-state index contributed by atoms with van der Waals surface area (Å²) < 4.78 is 0. The van der Waals surface area contributed by atoms with Crippen molar-refractivity contribution in [2.45, 2.75) is 63.8 Å². The Labute approximate surface area is 151 Å². The minimum absolute atomic E-state index is 0.0356. The average molecular weight is 342 g/mol. The van der Waals surface area contributed by atoms with Crippen molar-refractivity contribution in [1.82, 2.24) is 10.2 Å². The van der Waals surface area contributed by atoms with Crippen molar-refractivity contribution in [1.29, 1.82) is 0 Å². The van der Waals surface area contributed by atoms with Crippen molar-refractivity contribution >= 4 is 11.8 Å². The Hall–Kier alpha value is -1.84. The summed E-state index contributed by atoms with van der Waals surface area (Å²) in [6.45, 7) is 1.57. The smallest absolute Gasteiger partial charge is 0.227 e. The van der Waals surface area contributed by atoms with Crippen molar-refractivity contribution in [3.05, 3.63) is 35.9 Å². The maximum atomic E-state index is 13.1. The van der Waals surface area contributed by atoms with E-state index in [4.69, 9.17) is 0 Å². The van der Waals surface area contributed by atoms with Crippen molar-refractivity contribution in [3.63, 3.8) is 0 Å². The summed E-state index contributed by atoms with van der Waals surface area (Å²) in [6, 6.07) is 10.0. The molecule has 3 rings (SSSR count). The molecule has 0 bridgehead atoms. The molecule has 2 amide bonds. The molecule has 4 nitrogen and oxygen atoms in total. The van der Waals surface area contributed by atoms with Crippen LogP contribution in [0.15, 0.2) is 30.3 Å². The summed E-state index contributed by atoms with van der Waals surface area (Å²) in [5.74, 6) is 0.297. The molecule has 1 heterocycles. The van der Waals surface area contributed by atoms with Crippen LogP contribution in [-0.2, 0) is 16.0 Å². The second-order valence-corrected chi connectivity index (χ2v) is 7.41. The molecule has 1 saturated heterocycles. The lowest BCUT2D eigenvalue weighted by Crippen LogP contribution is -2.51. The molecule has 25 heavy (non-hydrogen) atoms. The minimum atomic E-state index is -0.0356. The fourth-order valence-electron chi connectivity index (χ4n) is 4.24. The third-order valence-corrected chi connectivity index (χ3v) is 5.61. The van der Waals surface area contributed by atoms with Crippen molar-refractivity contribution in [2.24, 2.45) is 5.92 Å². The van der Waals surface area contributed by atoms with Gasteiger partial charge in [-0.05, 0) is 31.2 Å². The van der Waals surface area contributed by atoms with Crippen molar-refractivity contribution in [2.75, 3.05) is 13.1 Å². The lowest BCUT2D eigenvalue weighted by atomic mass is 9.82. The number of carbonyl (C=O) groups excluding carboxylic acids is 2. The molecule has 0 radical (unpaired) electrons. The first kappa shape index (κ1) is 18.0. The van der Waals surface area contributed by atoms with Crippen molar-refractivity contribution in [3.8, 4) is 0 Å². The standard InChI is InChI=1S/C21H30N2O2/c24-20(16-17-10-4-3-5-11-17)23-15-9-2-1-8-14-22-21(25)18-12-6-7-13-19(18)23/h3-5,10-11,18-19H,1-2,6-9,12-16H2,(H,22,25)/t18-,19+/m1/s1. The van der Waals surface area contributed by atoms with Gasteiger partial charge in [0.2, 0.25) is 11.8 Å². The number of nitrogens with one attached hydrogen (secondary N) is 1. The van der Waals surface area contributed by atoms with Gasteiger partial charge in [0.1, 0.15) is 0 Å². The Morgan fingerprint density at radius 2 is 1.76 bits per heavy atom. The Kier molecular flexibility index (Phi) is 6.48. The molecule has 0 spiro atoms. The molecular formula is C21H30N2O2. The third kappa shape index (κ3) is 4.83. The molecule has 1 aromatic rings. The molecule has 1 aliphatic heterocycles. The maximum Gasteiger partial charge on any atom is 0.227 e. The number of carbonyl (C=O) groups is 2. The van der Waals surface area contributed by atoms with Crippen LogP contribution in [0.3, 0.4) is 0 Å². The Morgan fingerprint density at radius 1 is 1.00 bits per heavy atom.